The maximum absolute atomic E-state index is 12.5. The van der Waals surface area contributed by atoms with Crippen LogP contribution in [0.4, 0.5) is 0 Å². The minimum absolute atomic E-state index is 0.148. The number of aromatic nitrogens is 1. The minimum atomic E-state index is -0.351. The summed E-state index contributed by atoms with van der Waals surface area (Å²) in [6.07, 6.45) is 4.02. The van der Waals surface area contributed by atoms with Crippen molar-refractivity contribution >= 4 is 35.0 Å². The molecule has 6 heteroatoms. The van der Waals surface area contributed by atoms with Gasteiger partial charge in [0.05, 0.1) is 22.5 Å². The zero-order chi connectivity index (χ0) is 16.4. The monoisotopic (exact) mass is 348 g/mol. The van der Waals surface area contributed by atoms with Crippen LogP contribution in [-0.4, -0.2) is 21.7 Å². The third kappa shape index (κ3) is 3.54. The first-order valence-corrected chi connectivity index (χ1v) is 7.97. The van der Waals surface area contributed by atoms with Crippen molar-refractivity contribution in [3.05, 3.63) is 63.9 Å². The van der Waals surface area contributed by atoms with E-state index in [0.29, 0.717) is 16.5 Å². The fourth-order valence-electron chi connectivity index (χ4n) is 2.70. The molecular weight excluding hydrogens is 335 g/mol. The van der Waals surface area contributed by atoms with E-state index in [1.807, 2.05) is 12.1 Å². The molecule has 0 bridgehead atoms. The van der Waals surface area contributed by atoms with E-state index in [-0.39, 0.29) is 30.7 Å². The number of carbonyl (C=O) groups is 2. The predicted octanol–water partition coefficient (Wildman–Crippen LogP) is 3.51. The Labute approximate surface area is 144 Å². The van der Waals surface area contributed by atoms with Gasteiger partial charge in [0, 0.05) is 18.8 Å². The van der Waals surface area contributed by atoms with E-state index < -0.39 is 0 Å². The number of imide groups is 1. The van der Waals surface area contributed by atoms with Crippen LogP contribution in [0.2, 0.25) is 10.0 Å². The molecule has 1 aliphatic heterocycles. The lowest BCUT2D eigenvalue weighted by atomic mass is 9.98. The molecule has 1 fully saturated rings. The average Bonchev–Trinajstić information content (AvgIpc) is 2.80. The third-order valence-corrected chi connectivity index (χ3v) is 4.61. The summed E-state index contributed by atoms with van der Waals surface area (Å²) in [4.78, 5) is 30.0. The molecule has 118 valence electrons. The topological polar surface area (TPSA) is 50.3 Å². The van der Waals surface area contributed by atoms with Crippen molar-refractivity contribution in [2.75, 3.05) is 0 Å². The Balaban J connectivity index is 1.72. The van der Waals surface area contributed by atoms with Gasteiger partial charge in [-0.05, 0) is 35.7 Å². The van der Waals surface area contributed by atoms with E-state index in [0.717, 1.165) is 11.1 Å². The molecule has 0 saturated carbocycles. The van der Waals surface area contributed by atoms with E-state index in [1.54, 1.807) is 30.6 Å². The van der Waals surface area contributed by atoms with Crippen molar-refractivity contribution < 1.29 is 9.59 Å². The zero-order valence-electron chi connectivity index (χ0n) is 12.2. The first-order valence-electron chi connectivity index (χ1n) is 7.21. The molecule has 1 aromatic heterocycles. The number of nitrogens with zero attached hydrogens (tertiary/aromatic N) is 2. The molecule has 2 amide bonds. The van der Waals surface area contributed by atoms with Gasteiger partial charge >= 0.3 is 0 Å². The molecule has 1 atom stereocenters. The van der Waals surface area contributed by atoms with E-state index in [2.05, 4.69) is 4.98 Å². The first kappa shape index (κ1) is 16.0. The summed E-state index contributed by atoms with van der Waals surface area (Å²) in [6, 6.07) is 8.91. The molecule has 4 nitrogen and oxygen atoms in total. The van der Waals surface area contributed by atoms with E-state index in [1.165, 1.54) is 4.90 Å². The highest BCUT2D eigenvalue weighted by atomic mass is 35.5. The quantitative estimate of drug-likeness (QED) is 0.794. The third-order valence-electron chi connectivity index (χ3n) is 3.87. The minimum Gasteiger partial charge on any atom is -0.278 e. The Morgan fingerprint density at radius 1 is 1.13 bits per heavy atom. The van der Waals surface area contributed by atoms with E-state index in [9.17, 15) is 9.59 Å². The maximum Gasteiger partial charge on any atom is 0.233 e. The van der Waals surface area contributed by atoms with Crippen molar-refractivity contribution in [3.8, 4) is 0 Å². The normalized spacial score (nSPS) is 17.8. The molecule has 0 N–H and O–H groups in total. The molecule has 2 heterocycles. The van der Waals surface area contributed by atoms with Crippen LogP contribution in [0.5, 0.6) is 0 Å². The molecule has 3 rings (SSSR count). The molecule has 1 aromatic carbocycles. The van der Waals surface area contributed by atoms with Crippen LogP contribution in [0.3, 0.4) is 0 Å². The fourth-order valence-corrected chi connectivity index (χ4v) is 3.02. The van der Waals surface area contributed by atoms with Gasteiger partial charge in [-0.1, -0.05) is 35.3 Å². The van der Waals surface area contributed by atoms with Crippen LogP contribution < -0.4 is 0 Å². The van der Waals surface area contributed by atoms with Gasteiger partial charge in [0.2, 0.25) is 11.8 Å². The van der Waals surface area contributed by atoms with Crippen molar-refractivity contribution in [2.24, 2.45) is 5.92 Å². The number of pyridine rings is 1. The summed E-state index contributed by atoms with van der Waals surface area (Å²) >= 11 is 11.9. The second-order valence-corrected chi connectivity index (χ2v) is 6.35. The lowest BCUT2D eigenvalue weighted by Gasteiger charge is -2.15. The van der Waals surface area contributed by atoms with Crippen molar-refractivity contribution in [1.82, 2.24) is 9.88 Å². The number of likely N-dealkylation sites (tertiary alicyclic amines) is 1. The standard InChI is InChI=1S/C17H14Cl2N2O2/c18-14-4-3-11(7-15(14)19)6-13-8-16(22)21(17(13)23)10-12-2-1-5-20-9-12/h1-5,7,9,13H,6,8,10H2. The Bertz CT molecular complexity index is 750. The van der Waals surface area contributed by atoms with Crippen LogP contribution in [-0.2, 0) is 22.6 Å². The van der Waals surface area contributed by atoms with Gasteiger partial charge in [-0.25, -0.2) is 0 Å². The lowest BCUT2D eigenvalue weighted by molar-refractivity contribution is -0.140. The van der Waals surface area contributed by atoms with Gasteiger partial charge in [0.15, 0.2) is 0 Å². The number of benzene rings is 1. The molecular formula is C17H14Cl2N2O2. The number of hydrogen-bond donors (Lipinski definition) is 0. The number of hydrogen-bond acceptors (Lipinski definition) is 3. The SMILES string of the molecule is O=C1CC(Cc2ccc(Cl)c(Cl)c2)C(=O)N1Cc1cccnc1. The van der Waals surface area contributed by atoms with Gasteiger partial charge in [-0.3, -0.25) is 19.5 Å². The van der Waals surface area contributed by atoms with Gasteiger partial charge in [-0.15, -0.1) is 0 Å². The number of carbonyl (C=O) groups excluding carboxylic acids is 2. The number of amides is 2. The number of halogens is 2. The van der Waals surface area contributed by atoms with Crippen LogP contribution in [0.25, 0.3) is 0 Å². The summed E-state index contributed by atoms with van der Waals surface area (Å²) in [5.74, 6) is -0.648. The van der Waals surface area contributed by atoms with Crippen molar-refractivity contribution in [1.29, 1.82) is 0 Å². The smallest absolute Gasteiger partial charge is 0.233 e. The molecule has 1 unspecified atom stereocenters. The van der Waals surface area contributed by atoms with Gasteiger partial charge in [0.1, 0.15) is 0 Å². The summed E-state index contributed by atoms with van der Waals surface area (Å²) in [5, 5.41) is 0.926. The second kappa shape index (κ2) is 6.69. The fraction of sp³-hybridized carbons (Fsp3) is 0.235. The highest BCUT2D eigenvalue weighted by Gasteiger charge is 2.38. The van der Waals surface area contributed by atoms with Crippen LogP contribution in [0.15, 0.2) is 42.7 Å². The molecule has 2 aromatic rings. The van der Waals surface area contributed by atoms with Crippen molar-refractivity contribution in [3.63, 3.8) is 0 Å². The van der Waals surface area contributed by atoms with E-state index >= 15 is 0 Å². The van der Waals surface area contributed by atoms with Crippen LogP contribution in [0, 0.1) is 5.92 Å². The highest BCUT2D eigenvalue weighted by Crippen LogP contribution is 2.28. The van der Waals surface area contributed by atoms with Crippen molar-refractivity contribution in [2.45, 2.75) is 19.4 Å². The highest BCUT2D eigenvalue weighted by molar-refractivity contribution is 6.42. The Morgan fingerprint density at radius 2 is 1.96 bits per heavy atom. The average molecular weight is 349 g/mol. The predicted molar refractivity (Wildman–Crippen MR) is 88.1 cm³/mol. The summed E-state index contributed by atoms with van der Waals surface area (Å²) < 4.78 is 0. The number of rotatable bonds is 4. The molecule has 0 spiro atoms. The lowest BCUT2D eigenvalue weighted by Crippen LogP contribution is -2.30. The Hall–Kier alpha value is -1.91. The molecule has 0 aliphatic carbocycles. The summed E-state index contributed by atoms with van der Waals surface area (Å²) in [5.41, 5.74) is 1.73. The summed E-state index contributed by atoms with van der Waals surface area (Å²) in [6.45, 7) is 0.267. The maximum atomic E-state index is 12.5. The Morgan fingerprint density at radius 3 is 2.65 bits per heavy atom. The van der Waals surface area contributed by atoms with Gasteiger partial charge < -0.3 is 0 Å². The Kier molecular flexibility index (Phi) is 4.64. The first-order chi connectivity index (χ1) is 11.0. The molecule has 0 radical (unpaired) electrons. The molecule has 1 saturated heterocycles. The van der Waals surface area contributed by atoms with Gasteiger partial charge in [-0.2, -0.15) is 0 Å². The van der Waals surface area contributed by atoms with Crippen LogP contribution >= 0.6 is 23.2 Å². The molecule has 23 heavy (non-hydrogen) atoms. The largest absolute Gasteiger partial charge is 0.278 e. The summed E-state index contributed by atoms with van der Waals surface area (Å²) in [7, 11) is 0. The second-order valence-electron chi connectivity index (χ2n) is 5.53. The molecule has 1 aliphatic rings. The van der Waals surface area contributed by atoms with Crippen LogP contribution in [0.1, 0.15) is 17.5 Å². The van der Waals surface area contributed by atoms with E-state index in [4.69, 9.17) is 23.2 Å². The zero-order valence-corrected chi connectivity index (χ0v) is 13.7. The van der Waals surface area contributed by atoms with Gasteiger partial charge in [0.25, 0.3) is 0 Å².